The number of amides is 3. The minimum absolute atomic E-state index is 0.109. The Morgan fingerprint density at radius 3 is 2.19 bits per heavy atom. The maximum atomic E-state index is 13.2. The first kappa shape index (κ1) is 21.7. The van der Waals surface area contributed by atoms with Gasteiger partial charge in [0.25, 0.3) is 0 Å². The molecule has 32 heavy (non-hydrogen) atoms. The normalized spacial score (nSPS) is 19.3. The summed E-state index contributed by atoms with van der Waals surface area (Å²) in [6.45, 7) is 3.40. The molecule has 0 spiro atoms. The summed E-state index contributed by atoms with van der Waals surface area (Å²) in [5.74, 6) is -0.942. The van der Waals surface area contributed by atoms with Gasteiger partial charge in [-0.15, -0.1) is 0 Å². The molecule has 168 valence electrons. The highest BCUT2D eigenvalue weighted by molar-refractivity contribution is 5.78. The molecule has 2 fully saturated rings. The largest absolute Gasteiger partial charge is 0.481 e. The molecule has 0 radical (unpaired) electrons. The molecule has 3 amide bonds. The van der Waals surface area contributed by atoms with Crippen LogP contribution < -0.4 is 0 Å². The molecule has 1 atom stereocenters. The summed E-state index contributed by atoms with van der Waals surface area (Å²) in [4.78, 5) is 42.1. The lowest BCUT2D eigenvalue weighted by molar-refractivity contribution is -0.137. The molecule has 2 aliphatic heterocycles. The third-order valence-electron chi connectivity index (χ3n) is 6.26. The summed E-state index contributed by atoms with van der Waals surface area (Å²) >= 11 is 0. The van der Waals surface area contributed by atoms with Gasteiger partial charge in [-0.2, -0.15) is 0 Å². The van der Waals surface area contributed by atoms with Crippen molar-refractivity contribution in [2.45, 2.75) is 25.0 Å². The number of carbonyl (C=O) groups excluding carboxylic acids is 2. The maximum absolute atomic E-state index is 13.2. The zero-order valence-electron chi connectivity index (χ0n) is 18.0. The van der Waals surface area contributed by atoms with Crippen molar-refractivity contribution in [2.75, 3.05) is 32.7 Å². The fourth-order valence-electron chi connectivity index (χ4n) is 4.65. The number of ether oxygens (including phenoxy) is 1. The van der Waals surface area contributed by atoms with Crippen LogP contribution in [0.3, 0.4) is 0 Å². The third kappa shape index (κ3) is 3.77. The molecule has 0 aliphatic carbocycles. The van der Waals surface area contributed by atoms with E-state index in [0.29, 0.717) is 19.6 Å². The van der Waals surface area contributed by atoms with Crippen LogP contribution in [0.25, 0.3) is 0 Å². The van der Waals surface area contributed by atoms with E-state index in [1.165, 1.54) is 4.90 Å². The van der Waals surface area contributed by atoms with Crippen molar-refractivity contribution >= 4 is 18.1 Å². The Balaban J connectivity index is 1.69. The molecular weight excluding hydrogens is 410 g/mol. The molecule has 2 saturated heterocycles. The second-order valence-corrected chi connectivity index (χ2v) is 8.00. The lowest BCUT2D eigenvalue weighted by Gasteiger charge is -2.43. The van der Waals surface area contributed by atoms with Crippen molar-refractivity contribution in [3.8, 4) is 0 Å². The third-order valence-corrected chi connectivity index (χ3v) is 6.26. The van der Waals surface area contributed by atoms with Gasteiger partial charge in [0.15, 0.2) is 5.60 Å². The Labute approximate surface area is 187 Å². The van der Waals surface area contributed by atoms with Crippen LogP contribution in [0, 0.1) is 0 Å². The molecule has 2 aromatic rings. The number of carboxylic acid groups (broad SMARTS) is 1. The zero-order valence-corrected chi connectivity index (χ0v) is 18.0. The monoisotopic (exact) mass is 437 g/mol. The Hall–Kier alpha value is -3.55. The Kier molecular flexibility index (Phi) is 6.03. The quantitative estimate of drug-likeness (QED) is 0.750. The SMILES string of the molecule is CCN(CCC(=O)O)C(=O)N1CCN2C(=O)OC(c3ccccc3)(c3ccccc3)C2C1. The van der Waals surface area contributed by atoms with E-state index in [2.05, 4.69) is 0 Å². The first-order valence-corrected chi connectivity index (χ1v) is 10.8. The number of nitrogens with zero attached hydrogens (tertiary/aromatic N) is 3. The number of fused-ring (bicyclic) bond motifs is 1. The molecule has 2 aliphatic rings. The van der Waals surface area contributed by atoms with Gasteiger partial charge in [-0.05, 0) is 6.92 Å². The van der Waals surface area contributed by atoms with Gasteiger partial charge in [-0.1, -0.05) is 60.7 Å². The second kappa shape index (κ2) is 8.90. The maximum Gasteiger partial charge on any atom is 0.411 e. The molecular formula is C24H27N3O5. The van der Waals surface area contributed by atoms with Crippen LogP contribution >= 0.6 is 0 Å². The van der Waals surface area contributed by atoms with Gasteiger partial charge < -0.3 is 19.6 Å². The van der Waals surface area contributed by atoms with Crippen molar-refractivity contribution in [3.05, 3.63) is 71.8 Å². The lowest BCUT2D eigenvalue weighted by atomic mass is 9.79. The van der Waals surface area contributed by atoms with Crippen molar-refractivity contribution in [1.29, 1.82) is 0 Å². The number of cyclic esters (lactones) is 1. The number of piperazine rings is 1. The van der Waals surface area contributed by atoms with Gasteiger partial charge in [-0.3, -0.25) is 9.69 Å². The highest BCUT2D eigenvalue weighted by atomic mass is 16.6. The smallest absolute Gasteiger partial charge is 0.411 e. The summed E-state index contributed by atoms with van der Waals surface area (Å²) in [5.41, 5.74) is 0.649. The Morgan fingerprint density at radius 1 is 1.06 bits per heavy atom. The number of aliphatic carboxylic acids is 1. The molecule has 8 heteroatoms. The topological polar surface area (TPSA) is 90.4 Å². The van der Waals surface area contributed by atoms with E-state index in [4.69, 9.17) is 9.84 Å². The van der Waals surface area contributed by atoms with Crippen LogP contribution in [-0.4, -0.2) is 76.7 Å². The minimum atomic E-state index is -1.04. The van der Waals surface area contributed by atoms with Crippen molar-refractivity contribution in [2.24, 2.45) is 0 Å². The average molecular weight is 437 g/mol. The van der Waals surface area contributed by atoms with Gasteiger partial charge in [0.05, 0.1) is 6.42 Å². The second-order valence-electron chi connectivity index (χ2n) is 8.00. The Morgan fingerprint density at radius 2 is 1.66 bits per heavy atom. The minimum Gasteiger partial charge on any atom is -0.481 e. The lowest BCUT2D eigenvalue weighted by Crippen LogP contribution is -2.60. The summed E-state index contributed by atoms with van der Waals surface area (Å²) < 4.78 is 6.12. The van der Waals surface area contributed by atoms with Gasteiger partial charge in [-0.25, -0.2) is 9.59 Å². The van der Waals surface area contributed by atoms with E-state index in [0.717, 1.165) is 11.1 Å². The van der Waals surface area contributed by atoms with Crippen LogP contribution in [0.5, 0.6) is 0 Å². The van der Waals surface area contributed by atoms with Crippen molar-refractivity contribution < 1.29 is 24.2 Å². The van der Waals surface area contributed by atoms with Crippen LogP contribution in [0.15, 0.2) is 60.7 Å². The number of benzene rings is 2. The standard InChI is InChI=1S/C24H27N3O5/c1-2-25(14-13-21(28)29)22(30)26-15-16-27-20(17-26)24(32-23(27)31,18-9-5-3-6-10-18)19-11-7-4-8-12-19/h3-12,20H,2,13-17H2,1H3,(H,28,29). The molecule has 0 saturated carbocycles. The van der Waals surface area contributed by atoms with Crippen LogP contribution in [-0.2, 0) is 15.1 Å². The molecule has 2 aromatic carbocycles. The number of carbonyl (C=O) groups is 3. The van der Waals surface area contributed by atoms with E-state index < -0.39 is 23.7 Å². The highest BCUT2D eigenvalue weighted by Crippen LogP contribution is 2.45. The van der Waals surface area contributed by atoms with Crippen LogP contribution in [0.2, 0.25) is 0 Å². The number of rotatable bonds is 6. The van der Waals surface area contributed by atoms with Crippen molar-refractivity contribution in [1.82, 2.24) is 14.7 Å². The summed E-state index contributed by atoms with van der Waals surface area (Å²) in [5, 5.41) is 9.01. The van der Waals surface area contributed by atoms with E-state index in [-0.39, 0.29) is 25.5 Å². The van der Waals surface area contributed by atoms with Crippen LogP contribution in [0.1, 0.15) is 24.5 Å². The zero-order chi connectivity index (χ0) is 22.7. The van der Waals surface area contributed by atoms with Crippen molar-refractivity contribution in [3.63, 3.8) is 0 Å². The highest BCUT2D eigenvalue weighted by Gasteiger charge is 2.58. The van der Waals surface area contributed by atoms with E-state index in [1.807, 2.05) is 67.6 Å². The average Bonchev–Trinajstić information content (AvgIpc) is 3.13. The molecule has 2 heterocycles. The van der Waals surface area contributed by atoms with E-state index >= 15 is 0 Å². The van der Waals surface area contributed by atoms with E-state index in [9.17, 15) is 14.4 Å². The number of hydrogen-bond acceptors (Lipinski definition) is 4. The van der Waals surface area contributed by atoms with Crippen LogP contribution in [0.4, 0.5) is 9.59 Å². The first-order valence-electron chi connectivity index (χ1n) is 10.8. The summed E-state index contributed by atoms with van der Waals surface area (Å²) in [7, 11) is 0. The molecule has 4 rings (SSSR count). The predicted octanol–water partition coefficient (Wildman–Crippen LogP) is 2.98. The van der Waals surface area contributed by atoms with Gasteiger partial charge in [0, 0.05) is 43.9 Å². The molecule has 0 bridgehead atoms. The summed E-state index contributed by atoms with van der Waals surface area (Å²) in [6, 6.07) is 18.6. The summed E-state index contributed by atoms with van der Waals surface area (Å²) in [6.07, 6.45) is -0.504. The number of hydrogen-bond donors (Lipinski definition) is 1. The van der Waals surface area contributed by atoms with E-state index in [1.54, 1.807) is 9.80 Å². The van der Waals surface area contributed by atoms with Gasteiger partial charge in [0.1, 0.15) is 6.04 Å². The molecule has 1 unspecified atom stereocenters. The first-order chi connectivity index (χ1) is 15.5. The number of carboxylic acids is 1. The van der Waals surface area contributed by atoms with Gasteiger partial charge in [0.2, 0.25) is 0 Å². The number of urea groups is 1. The molecule has 1 N–H and O–H groups in total. The fraction of sp³-hybridized carbons (Fsp3) is 0.375. The van der Waals surface area contributed by atoms with Gasteiger partial charge >= 0.3 is 18.1 Å². The fourth-order valence-corrected chi connectivity index (χ4v) is 4.65. The molecule has 0 aromatic heterocycles. The molecule has 8 nitrogen and oxygen atoms in total. The Bertz CT molecular complexity index is 942. The predicted molar refractivity (Wildman–Crippen MR) is 117 cm³/mol.